The molecule has 0 bridgehead atoms. The molecule has 2 fully saturated rings. The van der Waals surface area contributed by atoms with Crippen molar-refractivity contribution in [2.45, 2.75) is 107 Å². The van der Waals surface area contributed by atoms with Crippen LogP contribution in [0.25, 0.3) is 0 Å². The van der Waals surface area contributed by atoms with Crippen molar-refractivity contribution in [3.63, 3.8) is 0 Å². The van der Waals surface area contributed by atoms with Crippen molar-refractivity contribution in [3.05, 3.63) is 22.1 Å². The van der Waals surface area contributed by atoms with Crippen LogP contribution in [0.3, 0.4) is 0 Å². The average Bonchev–Trinajstić information content (AvgIpc) is 3.02. The molecule has 2 saturated heterocycles. The number of nitrogens with one attached hydrogen (secondary N) is 1. The molecule has 9 atom stereocenters. The minimum Gasteiger partial charge on any atom is -0.396 e. The van der Waals surface area contributed by atoms with E-state index in [4.69, 9.17) is 25.2 Å². The maximum absolute atomic E-state index is 13.6. The van der Waals surface area contributed by atoms with Crippen molar-refractivity contribution < 1.29 is 38.1 Å². The van der Waals surface area contributed by atoms with E-state index < -0.39 is 53.8 Å². The molecule has 0 unspecified atom stereocenters. The molecule has 1 aromatic heterocycles. The van der Waals surface area contributed by atoms with Gasteiger partial charge in [0.1, 0.15) is 30.2 Å². The number of nitrogens with zero attached hydrogens (tertiary/aromatic N) is 1. The molecule has 4 N–H and O–H groups in total. The molecule has 206 valence electrons. The fourth-order valence-corrected chi connectivity index (χ4v) is 5.37. The summed E-state index contributed by atoms with van der Waals surface area (Å²) in [6, 6.07) is -1.48. The summed E-state index contributed by atoms with van der Waals surface area (Å²) in [5, 5.41) is 33.1. The molecule has 2 aliphatic heterocycles. The molecule has 1 aromatic rings. The Hall–Kier alpha value is -1.50. The Balaban J connectivity index is 1.80. The van der Waals surface area contributed by atoms with Crippen LogP contribution in [0.4, 0.5) is 4.39 Å². The summed E-state index contributed by atoms with van der Waals surface area (Å²) in [5.74, 6) is -0.244. The molecule has 0 aliphatic carbocycles. The van der Waals surface area contributed by atoms with E-state index in [0.717, 1.165) is 12.8 Å². The number of hydrogen-bond donors (Lipinski definition) is 4. The lowest BCUT2D eigenvalue weighted by atomic mass is 9.90. The van der Waals surface area contributed by atoms with Gasteiger partial charge in [-0.25, -0.2) is 4.79 Å². The third-order valence-electron chi connectivity index (χ3n) is 7.39. The lowest BCUT2D eigenvalue weighted by Crippen LogP contribution is -2.65. The highest BCUT2D eigenvalue weighted by atomic mass is 35.5. The van der Waals surface area contributed by atoms with Crippen LogP contribution in [0.5, 0.6) is 0 Å². The second-order valence-electron chi connectivity index (χ2n) is 9.97. The zero-order valence-electron chi connectivity index (χ0n) is 20.9. The Morgan fingerprint density at radius 1 is 1.19 bits per heavy atom. The van der Waals surface area contributed by atoms with Crippen molar-refractivity contribution in [1.29, 1.82) is 0 Å². The van der Waals surface area contributed by atoms with Crippen LogP contribution in [0.15, 0.2) is 13.6 Å². The molecule has 3 rings (SSSR count). The number of aliphatic hydroxyl groups is 3. The van der Waals surface area contributed by atoms with E-state index in [1.54, 1.807) is 20.8 Å². The van der Waals surface area contributed by atoms with Crippen LogP contribution < -0.4 is 11.1 Å². The summed E-state index contributed by atoms with van der Waals surface area (Å²) in [6.45, 7) is 5.14. The van der Waals surface area contributed by atoms with Crippen molar-refractivity contribution in [2.75, 3.05) is 13.2 Å². The molecule has 12 heteroatoms. The zero-order chi connectivity index (χ0) is 26.6. The van der Waals surface area contributed by atoms with Crippen LogP contribution >= 0.6 is 11.6 Å². The van der Waals surface area contributed by atoms with E-state index in [1.165, 1.54) is 0 Å². The second kappa shape index (κ2) is 12.8. The monoisotopic (exact) mass is 536 g/mol. The van der Waals surface area contributed by atoms with Gasteiger partial charge in [0.2, 0.25) is 5.91 Å². The summed E-state index contributed by atoms with van der Waals surface area (Å²) < 4.78 is 28.7. The van der Waals surface area contributed by atoms with Crippen LogP contribution in [-0.2, 0) is 16.1 Å². The zero-order valence-corrected chi connectivity index (χ0v) is 21.7. The molecular formula is C24H38ClFN2O8. The van der Waals surface area contributed by atoms with E-state index in [9.17, 15) is 29.3 Å². The molecule has 0 spiro atoms. The second-order valence-corrected chi connectivity index (χ2v) is 10.7. The van der Waals surface area contributed by atoms with Crippen LogP contribution in [0, 0.1) is 12.8 Å². The van der Waals surface area contributed by atoms with Gasteiger partial charge in [0.05, 0.1) is 36.8 Å². The van der Waals surface area contributed by atoms with Gasteiger partial charge >= 0.3 is 5.82 Å². The summed E-state index contributed by atoms with van der Waals surface area (Å²) >= 11 is 6.40. The number of hydrogen-bond acceptors (Lipinski definition) is 9. The Labute approximate surface area is 214 Å². The summed E-state index contributed by atoms with van der Waals surface area (Å²) in [6.07, 6.45) is -2.86. The van der Waals surface area contributed by atoms with Crippen molar-refractivity contribution in [1.82, 2.24) is 10.2 Å². The van der Waals surface area contributed by atoms with Crippen LogP contribution in [0.2, 0.25) is 0 Å². The smallest absolute Gasteiger partial charge is 0.396 e. The van der Waals surface area contributed by atoms with Crippen molar-refractivity contribution in [2.24, 2.45) is 5.92 Å². The number of rotatable bonds is 9. The predicted molar refractivity (Wildman–Crippen MR) is 128 cm³/mol. The Morgan fingerprint density at radius 2 is 1.92 bits per heavy atom. The number of likely N-dealkylation sites (tertiary alicyclic amines) is 1. The number of aryl methyl sites for hydroxylation is 1. The summed E-state index contributed by atoms with van der Waals surface area (Å²) in [7, 11) is 0. The normalized spacial score (nSPS) is 33.6. The lowest BCUT2D eigenvalue weighted by molar-refractivity contribution is -0.223. The van der Waals surface area contributed by atoms with Gasteiger partial charge in [-0.1, -0.05) is 0 Å². The third kappa shape index (κ3) is 6.87. The Kier molecular flexibility index (Phi) is 10.4. The maximum Gasteiger partial charge on any atom is 0.519 e. The number of aliphatic hydroxyl groups excluding tert-OH is 3. The van der Waals surface area contributed by atoms with E-state index in [0.29, 0.717) is 37.3 Å². The first kappa shape index (κ1) is 29.1. The largest absolute Gasteiger partial charge is 0.519 e. The van der Waals surface area contributed by atoms with Crippen LogP contribution in [-0.4, -0.2) is 87.3 Å². The fraction of sp³-hybridized carbons (Fsp3) is 0.833. The average molecular weight is 537 g/mol. The van der Waals surface area contributed by atoms with Gasteiger partial charge in [-0.15, -0.1) is 11.6 Å². The first-order valence-electron chi connectivity index (χ1n) is 12.6. The quantitative estimate of drug-likeness (QED) is 0.342. The SMILES string of the molecule is Cc1oc(=O)oc1CN1CC[C@@H](CCCF)CC[C@H]1C(=O)N[C@@H]([C@H]1O[C@H](C)[C@H](O)[C@@H](O)[C@H]1O)[C@H](C)Cl. The maximum atomic E-state index is 13.6. The minimum absolute atomic E-state index is 0.178. The molecule has 0 radical (unpaired) electrons. The topological polar surface area (TPSA) is 146 Å². The number of alkyl halides is 2. The van der Waals surface area contributed by atoms with Gasteiger partial charge in [0.15, 0.2) is 5.76 Å². The first-order chi connectivity index (χ1) is 17.0. The van der Waals surface area contributed by atoms with Crippen molar-refractivity contribution >= 4 is 17.5 Å². The standard InChI is InChI=1S/C24H38ClFN2O8/c1-12(25)18(22-21(31)20(30)19(29)14(3)34-22)27-23(32)16-7-6-15(5-4-9-26)8-10-28(16)11-17-13(2)35-24(33)36-17/h12,14-16,18-22,29-31H,4-11H2,1-3H3,(H,27,32)/t12-,14+,15-,16-,18+,19-,20+,21+,22+/m0/s1. The molecule has 3 heterocycles. The highest BCUT2D eigenvalue weighted by Crippen LogP contribution is 2.29. The summed E-state index contributed by atoms with van der Waals surface area (Å²) in [4.78, 5) is 27.1. The molecule has 0 aromatic carbocycles. The molecule has 1 amide bonds. The number of carbonyl (C=O) groups excluding carboxylic acids is 1. The molecular weight excluding hydrogens is 499 g/mol. The number of ether oxygens (including phenoxy) is 1. The molecule has 36 heavy (non-hydrogen) atoms. The van der Waals surface area contributed by atoms with E-state index in [2.05, 4.69) is 5.32 Å². The van der Waals surface area contributed by atoms with Gasteiger partial charge in [-0.2, -0.15) is 0 Å². The van der Waals surface area contributed by atoms with E-state index in [-0.39, 0.29) is 25.0 Å². The van der Waals surface area contributed by atoms with Crippen LogP contribution in [0.1, 0.15) is 57.5 Å². The predicted octanol–water partition coefficient (Wildman–Crippen LogP) is 1.24. The number of amides is 1. The third-order valence-corrected chi connectivity index (χ3v) is 7.66. The van der Waals surface area contributed by atoms with Gasteiger partial charge < -0.3 is 34.2 Å². The van der Waals surface area contributed by atoms with E-state index in [1.807, 2.05) is 4.90 Å². The Morgan fingerprint density at radius 3 is 2.53 bits per heavy atom. The minimum atomic E-state index is -1.46. The molecule has 0 saturated carbocycles. The van der Waals surface area contributed by atoms with Gasteiger partial charge in [-0.05, 0) is 65.3 Å². The van der Waals surface area contributed by atoms with E-state index >= 15 is 0 Å². The first-order valence-corrected chi connectivity index (χ1v) is 13.0. The van der Waals surface area contributed by atoms with Gasteiger partial charge in [-0.3, -0.25) is 14.1 Å². The fourth-order valence-electron chi connectivity index (χ4n) is 5.17. The number of halogens is 2. The highest BCUT2D eigenvalue weighted by molar-refractivity contribution is 6.21. The lowest BCUT2D eigenvalue weighted by Gasteiger charge is -2.44. The molecule has 10 nitrogen and oxygen atoms in total. The highest BCUT2D eigenvalue weighted by Gasteiger charge is 2.47. The van der Waals surface area contributed by atoms with Gasteiger partial charge in [0, 0.05) is 0 Å². The molecule has 2 aliphatic rings. The summed E-state index contributed by atoms with van der Waals surface area (Å²) in [5.41, 5.74) is 0. The van der Waals surface area contributed by atoms with Gasteiger partial charge in [0.25, 0.3) is 0 Å². The number of carbonyl (C=O) groups is 1. The Bertz CT molecular complexity index is 911. The van der Waals surface area contributed by atoms with Crippen molar-refractivity contribution in [3.8, 4) is 0 Å².